The standard InChI is InChI=1S/C28H19N3O2S/c1-31-23-12-6-7-13-25(23)34-28(31)30-29-22-16-21(19-10-4-5-11-20(19)27(22)33)26-18-9-3-2-8-17(18)14-15-24(26)32/h2-16,32H,1H3/b29-22-,30-28-. The first-order valence-corrected chi connectivity index (χ1v) is 11.7. The van der Waals surface area contributed by atoms with Crippen LogP contribution in [0, 0.1) is 0 Å². The number of phenols is 1. The fourth-order valence-corrected chi connectivity index (χ4v) is 5.40. The van der Waals surface area contributed by atoms with Gasteiger partial charge in [0.1, 0.15) is 11.5 Å². The lowest BCUT2D eigenvalue weighted by molar-refractivity contribution is 0.106. The average Bonchev–Trinajstić information content (AvgIpc) is 3.19. The maximum absolute atomic E-state index is 13.3. The minimum Gasteiger partial charge on any atom is -0.507 e. The van der Waals surface area contributed by atoms with E-state index in [9.17, 15) is 9.90 Å². The molecule has 5 aromatic rings. The molecule has 1 aliphatic rings. The van der Waals surface area contributed by atoms with Crippen LogP contribution in [0.1, 0.15) is 21.5 Å². The number of para-hydroxylation sites is 1. The Morgan fingerprint density at radius 2 is 1.56 bits per heavy atom. The van der Waals surface area contributed by atoms with Crippen LogP contribution in [0.2, 0.25) is 0 Å². The van der Waals surface area contributed by atoms with Gasteiger partial charge in [0.15, 0.2) is 0 Å². The molecule has 0 saturated heterocycles. The highest BCUT2D eigenvalue weighted by Gasteiger charge is 2.27. The molecule has 6 rings (SSSR count). The number of aromatic nitrogens is 1. The zero-order valence-corrected chi connectivity index (χ0v) is 19.1. The predicted octanol–water partition coefficient (Wildman–Crippen LogP) is 5.68. The van der Waals surface area contributed by atoms with Crippen LogP contribution in [-0.2, 0) is 7.05 Å². The summed E-state index contributed by atoms with van der Waals surface area (Å²) in [5.74, 6) is -0.0344. The van der Waals surface area contributed by atoms with E-state index in [2.05, 4.69) is 10.2 Å². The van der Waals surface area contributed by atoms with Crippen molar-refractivity contribution in [2.75, 3.05) is 0 Å². The van der Waals surface area contributed by atoms with Crippen molar-refractivity contribution in [3.8, 4) is 5.75 Å². The molecule has 0 aliphatic heterocycles. The van der Waals surface area contributed by atoms with E-state index in [0.717, 1.165) is 32.1 Å². The van der Waals surface area contributed by atoms with Gasteiger partial charge in [0.05, 0.1) is 10.2 Å². The molecule has 0 fully saturated rings. The number of aryl methyl sites for hydroxylation is 1. The van der Waals surface area contributed by atoms with E-state index >= 15 is 0 Å². The molecular formula is C28H19N3O2S. The summed E-state index contributed by atoms with van der Waals surface area (Å²) >= 11 is 1.52. The van der Waals surface area contributed by atoms with E-state index in [1.807, 2.05) is 84.4 Å². The number of fused-ring (bicyclic) bond motifs is 3. The molecule has 34 heavy (non-hydrogen) atoms. The third kappa shape index (κ3) is 3.19. The van der Waals surface area contributed by atoms with E-state index in [1.54, 1.807) is 18.2 Å². The number of aromatic hydroxyl groups is 1. The Hall–Kier alpha value is -4.29. The van der Waals surface area contributed by atoms with Crippen LogP contribution >= 0.6 is 11.3 Å². The maximum Gasteiger partial charge on any atom is 0.213 e. The van der Waals surface area contributed by atoms with Gasteiger partial charge in [0.2, 0.25) is 10.6 Å². The Bertz CT molecular complexity index is 1750. The van der Waals surface area contributed by atoms with Crippen LogP contribution in [0.25, 0.3) is 26.6 Å². The summed E-state index contributed by atoms with van der Waals surface area (Å²) in [4.78, 5) is 14.0. The molecule has 1 N–H and O–H groups in total. The zero-order valence-electron chi connectivity index (χ0n) is 18.3. The summed E-state index contributed by atoms with van der Waals surface area (Å²) in [5.41, 5.74) is 4.03. The Morgan fingerprint density at radius 1 is 0.824 bits per heavy atom. The SMILES string of the molecule is Cn1/c(=N/N=C2/C=C(c3c(O)ccc4ccccc34)c3ccccc3C2=O)sc2ccccc21. The van der Waals surface area contributed by atoms with Crippen molar-refractivity contribution in [1.29, 1.82) is 0 Å². The molecule has 0 saturated carbocycles. The zero-order chi connectivity index (χ0) is 23.2. The normalized spacial score (nSPS) is 15.2. The first-order valence-electron chi connectivity index (χ1n) is 10.8. The molecule has 0 unspecified atom stereocenters. The second-order valence-corrected chi connectivity index (χ2v) is 9.12. The van der Waals surface area contributed by atoms with Gasteiger partial charge in [-0.05, 0) is 46.2 Å². The summed E-state index contributed by atoms with van der Waals surface area (Å²) in [6.45, 7) is 0. The predicted molar refractivity (Wildman–Crippen MR) is 137 cm³/mol. The third-order valence-electron chi connectivity index (χ3n) is 6.11. The van der Waals surface area contributed by atoms with Crippen molar-refractivity contribution in [2.24, 2.45) is 17.3 Å². The van der Waals surface area contributed by atoms with Gasteiger partial charge in [-0.2, -0.15) is 0 Å². The summed E-state index contributed by atoms with van der Waals surface area (Å²) in [7, 11) is 1.94. The minimum absolute atomic E-state index is 0.154. The van der Waals surface area contributed by atoms with E-state index in [0.29, 0.717) is 15.9 Å². The number of nitrogens with zero attached hydrogens (tertiary/aromatic N) is 3. The topological polar surface area (TPSA) is 66.9 Å². The molecule has 5 nitrogen and oxygen atoms in total. The molecule has 1 heterocycles. The van der Waals surface area contributed by atoms with Crippen LogP contribution in [0.4, 0.5) is 0 Å². The number of allylic oxidation sites excluding steroid dienone is 1. The highest BCUT2D eigenvalue weighted by atomic mass is 32.1. The Kier molecular flexibility index (Phi) is 4.74. The number of hydrogen-bond acceptors (Lipinski definition) is 5. The molecule has 0 atom stereocenters. The number of thiazole rings is 1. The number of rotatable bonds is 2. The highest BCUT2D eigenvalue weighted by Crippen LogP contribution is 2.39. The number of hydrogen-bond donors (Lipinski definition) is 1. The van der Waals surface area contributed by atoms with Gasteiger partial charge in [-0.25, -0.2) is 0 Å². The molecule has 0 amide bonds. The third-order valence-corrected chi connectivity index (χ3v) is 7.21. The molecule has 0 bridgehead atoms. The van der Waals surface area contributed by atoms with Gasteiger partial charge in [0.25, 0.3) is 0 Å². The highest BCUT2D eigenvalue weighted by molar-refractivity contribution is 7.16. The number of phenolic OH excluding ortho intramolecular Hbond substituents is 1. The van der Waals surface area contributed by atoms with Crippen molar-refractivity contribution < 1.29 is 9.90 Å². The molecule has 0 spiro atoms. The van der Waals surface area contributed by atoms with E-state index in [1.165, 1.54) is 11.3 Å². The lowest BCUT2D eigenvalue weighted by Crippen LogP contribution is -2.20. The minimum atomic E-state index is -0.188. The van der Waals surface area contributed by atoms with Crippen LogP contribution in [0.15, 0.2) is 101 Å². The van der Waals surface area contributed by atoms with Gasteiger partial charge in [-0.3, -0.25) is 4.79 Å². The monoisotopic (exact) mass is 461 g/mol. The maximum atomic E-state index is 13.3. The van der Waals surface area contributed by atoms with E-state index < -0.39 is 0 Å². The van der Waals surface area contributed by atoms with Gasteiger partial charge < -0.3 is 9.67 Å². The molecule has 1 aromatic heterocycles. The van der Waals surface area contributed by atoms with E-state index in [-0.39, 0.29) is 17.2 Å². The molecular weight excluding hydrogens is 442 g/mol. The first-order chi connectivity index (χ1) is 16.6. The number of Topliss-reactive ketones (excluding diaryl/α,β-unsaturated/α-hetero) is 1. The summed E-state index contributed by atoms with van der Waals surface area (Å²) < 4.78 is 3.06. The van der Waals surface area contributed by atoms with Gasteiger partial charge in [-0.15, -0.1) is 10.2 Å². The quantitative estimate of drug-likeness (QED) is 0.344. The first kappa shape index (κ1) is 20.3. The van der Waals surface area contributed by atoms with Crippen molar-refractivity contribution in [2.45, 2.75) is 0 Å². The lowest BCUT2D eigenvalue weighted by atomic mass is 9.83. The van der Waals surface area contributed by atoms with Crippen LogP contribution in [0.5, 0.6) is 5.75 Å². The van der Waals surface area contributed by atoms with Crippen molar-refractivity contribution in [3.63, 3.8) is 0 Å². The number of carbonyl (C=O) groups is 1. The Balaban J connectivity index is 1.60. The largest absolute Gasteiger partial charge is 0.507 e. The van der Waals surface area contributed by atoms with E-state index in [4.69, 9.17) is 0 Å². The number of ketones is 1. The second kappa shape index (κ2) is 7.93. The van der Waals surface area contributed by atoms with Crippen molar-refractivity contribution in [1.82, 2.24) is 4.57 Å². The Labute approximate surface area is 199 Å². The number of carbonyl (C=O) groups excluding carboxylic acids is 1. The van der Waals surface area contributed by atoms with Gasteiger partial charge in [0, 0.05) is 18.2 Å². The number of benzene rings is 4. The molecule has 0 radical (unpaired) electrons. The summed E-state index contributed by atoms with van der Waals surface area (Å²) in [5, 5.41) is 21.6. The molecule has 4 aromatic carbocycles. The van der Waals surface area contributed by atoms with Crippen molar-refractivity contribution in [3.05, 3.63) is 112 Å². The average molecular weight is 462 g/mol. The summed E-state index contributed by atoms with van der Waals surface area (Å²) in [6, 6.07) is 26.9. The van der Waals surface area contributed by atoms with Gasteiger partial charge >= 0.3 is 0 Å². The lowest BCUT2D eigenvalue weighted by Gasteiger charge is -2.20. The second-order valence-electron chi connectivity index (χ2n) is 8.11. The van der Waals surface area contributed by atoms with Crippen LogP contribution in [-0.4, -0.2) is 21.2 Å². The smallest absolute Gasteiger partial charge is 0.213 e. The van der Waals surface area contributed by atoms with Crippen LogP contribution in [0.3, 0.4) is 0 Å². The van der Waals surface area contributed by atoms with Crippen LogP contribution < -0.4 is 4.80 Å². The fraction of sp³-hybridized carbons (Fsp3) is 0.0357. The molecule has 6 heteroatoms. The fourth-order valence-electron chi connectivity index (χ4n) is 4.43. The van der Waals surface area contributed by atoms with Crippen molar-refractivity contribution >= 4 is 49.4 Å². The molecule has 1 aliphatic carbocycles. The van der Waals surface area contributed by atoms with Gasteiger partial charge in [-0.1, -0.05) is 78.1 Å². The Morgan fingerprint density at radius 3 is 2.41 bits per heavy atom. The molecule has 164 valence electrons. The summed E-state index contributed by atoms with van der Waals surface area (Å²) in [6.07, 6.45) is 1.74.